The Hall–Kier alpha value is -3.07. The van der Waals surface area contributed by atoms with Gasteiger partial charge in [-0.1, -0.05) is 32.1 Å². The molecule has 3 rings (SSSR count). The fraction of sp³-hybridized carbons (Fsp3) is 0.316. The Morgan fingerprint density at radius 3 is 2.57 bits per heavy atom. The van der Waals surface area contributed by atoms with E-state index in [1.54, 1.807) is 12.4 Å². The minimum absolute atomic E-state index is 0.0589. The lowest BCUT2D eigenvalue weighted by Crippen LogP contribution is -2.40. The van der Waals surface area contributed by atoms with E-state index < -0.39 is 5.41 Å². The molecule has 0 saturated carbocycles. The van der Waals surface area contributed by atoms with E-state index in [0.29, 0.717) is 23.7 Å². The molecule has 0 fully saturated rings. The van der Waals surface area contributed by atoms with Crippen molar-refractivity contribution in [2.75, 3.05) is 18.4 Å². The Morgan fingerprint density at radius 1 is 1.07 bits per heavy atom. The first kappa shape index (κ1) is 19.7. The largest absolute Gasteiger partial charge is 0.354 e. The lowest BCUT2D eigenvalue weighted by molar-refractivity contribution is -0.128. The van der Waals surface area contributed by atoms with Crippen molar-refractivity contribution in [2.24, 2.45) is 5.41 Å². The van der Waals surface area contributed by atoms with Crippen molar-refractivity contribution >= 4 is 38.8 Å². The van der Waals surface area contributed by atoms with Crippen molar-refractivity contribution in [1.82, 2.24) is 25.6 Å². The van der Waals surface area contributed by atoms with Crippen molar-refractivity contribution in [3.63, 3.8) is 0 Å². The topological polar surface area (TPSA) is 109 Å². The molecule has 3 aromatic heterocycles. The first-order valence-corrected chi connectivity index (χ1v) is 9.66. The number of urea groups is 1. The number of amides is 3. The quantitative estimate of drug-likeness (QED) is 0.573. The van der Waals surface area contributed by atoms with E-state index in [2.05, 4.69) is 30.9 Å². The smallest absolute Gasteiger partial charge is 0.321 e. The number of fused-ring (bicyclic) bond motifs is 1. The first-order valence-electron chi connectivity index (χ1n) is 8.84. The van der Waals surface area contributed by atoms with E-state index in [9.17, 15) is 9.59 Å². The van der Waals surface area contributed by atoms with Crippen LogP contribution in [0.5, 0.6) is 0 Å². The molecule has 146 valence electrons. The molecule has 0 saturated heterocycles. The molecule has 0 aliphatic heterocycles. The van der Waals surface area contributed by atoms with E-state index in [1.807, 2.05) is 45.0 Å². The fourth-order valence-electron chi connectivity index (χ4n) is 2.30. The number of carbonyl (C=O) groups is 2. The summed E-state index contributed by atoms with van der Waals surface area (Å²) in [6.45, 7) is 6.19. The van der Waals surface area contributed by atoms with Gasteiger partial charge in [-0.15, -0.1) is 0 Å². The summed E-state index contributed by atoms with van der Waals surface area (Å²) in [6.07, 6.45) is 3.46. The predicted octanol–water partition coefficient (Wildman–Crippen LogP) is 3.04. The average molecular weight is 398 g/mol. The molecule has 9 heteroatoms. The van der Waals surface area contributed by atoms with Crippen LogP contribution >= 0.6 is 11.3 Å². The number of nitrogens with one attached hydrogen (secondary N) is 3. The minimum Gasteiger partial charge on any atom is -0.354 e. The lowest BCUT2D eigenvalue weighted by Gasteiger charge is -2.17. The fourth-order valence-corrected chi connectivity index (χ4v) is 3.14. The number of carbonyl (C=O) groups excluding carboxylic acids is 2. The van der Waals surface area contributed by atoms with Gasteiger partial charge >= 0.3 is 6.03 Å². The van der Waals surface area contributed by atoms with E-state index in [0.717, 1.165) is 16.1 Å². The van der Waals surface area contributed by atoms with Gasteiger partial charge in [0.05, 0.1) is 5.69 Å². The molecule has 3 aromatic rings. The number of anilines is 1. The summed E-state index contributed by atoms with van der Waals surface area (Å²) in [5.74, 6) is -0.0589. The van der Waals surface area contributed by atoms with Gasteiger partial charge in [0.25, 0.3) is 0 Å². The minimum atomic E-state index is -0.453. The maximum atomic E-state index is 12.0. The zero-order valence-corrected chi connectivity index (χ0v) is 16.8. The maximum Gasteiger partial charge on any atom is 0.321 e. The van der Waals surface area contributed by atoms with E-state index in [-0.39, 0.29) is 11.9 Å². The molecule has 0 aliphatic carbocycles. The molecule has 3 N–H and O–H groups in total. The normalized spacial score (nSPS) is 11.2. The van der Waals surface area contributed by atoms with Gasteiger partial charge in [-0.2, -0.15) is 0 Å². The summed E-state index contributed by atoms with van der Waals surface area (Å²) in [5.41, 5.74) is 1.98. The van der Waals surface area contributed by atoms with Crippen LogP contribution in [0.3, 0.4) is 0 Å². The molecular weight excluding hydrogens is 376 g/mol. The summed E-state index contributed by atoms with van der Waals surface area (Å²) in [4.78, 5) is 37.6. The summed E-state index contributed by atoms with van der Waals surface area (Å²) >= 11 is 1.30. The highest BCUT2D eigenvalue weighted by Gasteiger charge is 2.20. The molecule has 0 radical (unpaired) electrons. The predicted molar refractivity (Wildman–Crippen MR) is 110 cm³/mol. The van der Waals surface area contributed by atoms with Gasteiger partial charge in [-0.05, 0) is 24.3 Å². The molecule has 0 spiro atoms. The van der Waals surface area contributed by atoms with Gasteiger partial charge in [-0.3, -0.25) is 15.1 Å². The number of hydrogen-bond donors (Lipinski definition) is 3. The molecule has 3 heterocycles. The molecule has 8 nitrogen and oxygen atoms in total. The Bertz CT molecular complexity index is 981. The Morgan fingerprint density at radius 2 is 1.86 bits per heavy atom. The molecule has 0 atom stereocenters. The number of pyridine rings is 2. The highest BCUT2D eigenvalue weighted by molar-refractivity contribution is 7.21. The van der Waals surface area contributed by atoms with Crippen LogP contribution in [-0.4, -0.2) is 40.0 Å². The zero-order valence-electron chi connectivity index (χ0n) is 15.9. The van der Waals surface area contributed by atoms with Gasteiger partial charge < -0.3 is 10.6 Å². The van der Waals surface area contributed by atoms with Gasteiger partial charge in [0.2, 0.25) is 5.91 Å². The summed E-state index contributed by atoms with van der Waals surface area (Å²) in [6, 6.07) is 7.16. The van der Waals surface area contributed by atoms with Crippen molar-refractivity contribution < 1.29 is 9.59 Å². The van der Waals surface area contributed by atoms with Gasteiger partial charge in [-0.25, -0.2) is 14.8 Å². The lowest BCUT2D eigenvalue weighted by atomic mass is 9.96. The van der Waals surface area contributed by atoms with Crippen LogP contribution in [0.25, 0.3) is 21.6 Å². The number of nitrogens with zero attached hydrogens (tertiary/aromatic N) is 3. The number of rotatable bonds is 5. The molecule has 28 heavy (non-hydrogen) atoms. The van der Waals surface area contributed by atoms with Crippen LogP contribution in [0.2, 0.25) is 0 Å². The standard InChI is InChI=1S/C19H22N6O2S/c1-19(2,3)16(26)21-9-10-22-17(27)25-18-24-14-7-6-13(23-15(14)28-18)12-5-4-8-20-11-12/h4-8,11H,9-10H2,1-3H3,(H,21,26)(H2,22,24,25,27). The van der Waals surface area contributed by atoms with Crippen LogP contribution in [0.15, 0.2) is 36.7 Å². The average Bonchev–Trinajstić information content (AvgIpc) is 3.06. The maximum absolute atomic E-state index is 12.0. The summed E-state index contributed by atoms with van der Waals surface area (Å²) < 4.78 is 0. The van der Waals surface area contributed by atoms with Gasteiger partial charge in [0, 0.05) is 36.5 Å². The Labute approximate surface area is 166 Å². The van der Waals surface area contributed by atoms with Crippen LogP contribution in [0.1, 0.15) is 20.8 Å². The monoisotopic (exact) mass is 398 g/mol. The molecule has 0 unspecified atom stereocenters. The number of aromatic nitrogens is 3. The molecular formula is C19H22N6O2S. The zero-order chi connectivity index (χ0) is 20.1. The third kappa shape index (κ3) is 5.01. The third-order valence-corrected chi connectivity index (χ3v) is 4.69. The highest BCUT2D eigenvalue weighted by Crippen LogP contribution is 2.27. The summed E-state index contributed by atoms with van der Waals surface area (Å²) in [5, 5.41) is 8.63. The Balaban J connectivity index is 1.55. The van der Waals surface area contributed by atoms with Crippen LogP contribution in [-0.2, 0) is 4.79 Å². The van der Waals surface area contributed by atoms with Gasteiger partial charge in [0.1, 0.15) is 10.3 Å². The first-order chi connectivity index (χ1) is 13.3. The summed E-state index contributed by atoms with van der Waals surface area (Å²) in [7, 11) is 0. The van der Waals surface area contributed by atoms with Crippen molar-refractivity contribution in [3.8, 4) is 11.3 Å². The second kappa shape index (κ2) is 8.30. The van der Waals surface area contributed by atoms with Crippen molar-refractivity contribution in [2.45, 2.75) is 20.8 Å². The molecule has 0 bridgehead atoms. The van der Waals surface area contributed by atoms with E-state index >= 15 is 0 Å². The number of thiazole rings is 1. The number of hydrogen-bond acceptors (Lipinski definition) is 6. The highest BCUT2D eigenvalue weighted by atomic mass is 32.1. The van der Waals surface area contributed by atoms with E-state index in [4.69, 9.17) is 0 Å². The SMILES string of the molecule is CC(C)(C)C(=O)NCCNC(=O)Nc1nc2ccc(-c3cccnc3)nc2s1. The molecule has 3 amide bonds. The second-order valence-corrected chi connectivity index (χ2v) is 8.15. The van der Waals surface area contributed by atoms with Crippen molar-refractivity contribution in [1.29, 1.82) is 0 Å². The molecule has 0 aromatic carbocycles. The van der Waals surface area contributed by atoms with Gasteiger partial charge in [0.15, 0.2) is 5.13 Å². The van der Waals surface area contributed by atoms with Crippen LogP contribution in [0, 0.1) is 5.41 Å². The third-order valence-electron chi connectivity index (χ3n) is 3.81. The Kier molecular flexibility index (Phi) is 5.84. The van der Waals surface area contributed by atoms with E-state index in [1.165, 1.54) is 11.3 Å². The second-order valence-electron chi connectivity index (χ2n) is 7.17. The molecule has 0 aliphatic rings. The van der Waals surface area contributed by atoms with Crippen LogP contribution < -0.4 is 16.0 Å². The van der Waals surface area contributed by atoms with Crippen LogP contribution in [0.4, 0.5) is 9.93 Å². The van der Waals surface area contributed by atoms with Crippen molar-refractivity contribution in [3.05, 3.63) is 36.7 Å².